The van der Waals surface area contributed by atoms with E-state index in [2.05, 4.69) is 15.2 Å². The Balaban J connectivity index is 1.89. The number of amides is 1. The van der Waals surface area contributed by atoms with Gasteiger partial charge in [0.1, 0.15) is 5.69 Å². The van der Waals surface area contributed by atoms with E-state index in [0.717, 1.165) is 18.7 Å². The van der Waals surface area contributed by atoms with Crippen LogP contribution in [0.5, 0.6) is 0 Å². The molecule has 1 unspecified atom stereocenters. The van der Waals surface area contributed by atoms with Gasteiger partial charge in [-0.3, -0.25) is 4.79 Å². The Hall–Kier alpha value is -1.67. The lowest BCUT2D eigenvalue weighted by Gasteiger charge is -2.25. The Kier molecular flexibility index (Phi) is 6.17. The molecule has 1 aliphatic heterocycles. The van der Waals surface area contributed by atoms with Crippen molar-refractivity contribution in [2.24, 2.45) is 0 Å². The van der Waals surface area contributed by atoms with Crippen molar-refractivity contribution in [3.63, 3.8) is 0 Å². The molecule has 1 amide bonds. The topological polar surface area (TPSA) is 82.6 Å². The van der Waals surface area contributed by atoms with Crippen molar-refractivity contribution in [2.45, 2.75) is 18.9 Å². The first kappa shape index (κ1) is 18.7. The van der Waals surface area contributed by atoms with Crippen LogP contribution in [-0.2, 0) is 9.84 Å². The maximum atomic E-state index is 12.0. The van der Waals surface area contributed by atoms with Gasteiger partial charge < -0.3 is 15.1 Å². The number of carbonyl (C=O) groups is 1. The van der Waals surface area contributed by atoms with E-state index < -0.39 is 9.84 Å². The van der Waals surface area contributed by atoms with Crippen LogP contribution in [0.4, 0.5) is 5.69 Å². The van der Waals surface area contributed by atoms with Gasteiger partial charge in [-0.25, -0.2) is 13.4 Å². The average Bonchev–Trinajstić information content (AvgIpc) is 2.90. The molecule has 0 aromatic carbocycles. The number of anilines is 1. The van der Waals surface area contributed by atoms with E-state index in [1.165, 1.54) is 0 Å². The molecule has 1 aromatic heterocycles. The summed E-state index contributed by atoms with van der Waals surface area (Å²) in [6.07, 6.45) is 3.14. The fourth-order valence-corrected chi connectivity index (χ4v) is 4.48. The lowest BCUT2D eigenvalue weighted by Crippen LogP contribution is -2.32. The monoisotopic (exact) mass is 354 g/mol. The maximum Gasteiger partial charge on any atom is 0.269 e. The second-order valence-corrected chi connectivity index (χ2v) is 8.71. The molecule has 1 saturated heterocycles. The minimum atomic E-state index is -2.92. The highest BCUT2D eigenvalue weighted by Gasteiger charge is 2.30. The third kappa shape index (κ3) is 5.17. The fourth-order valence-electron chi connectivity index (χ4n) is 2.71. The van der Waals surface area contributed by atoms with Gasteiger partial charge >= 0.3 is 0 Å². The smallest absolute Gasteiger partial charge is 0.269 e. The highest BCUT2D eigenvalue weighted by Crippen LogP contribution is 2.22. The van der Waals surface area contributed by atoms with Crippen LogP contribution in [-0.4, -0.2) is 76.0 Å². The lowest BCUT2D eigenvalue weighted by atomic mass is 10.2. The van der Waals surface area contributed by atoms with E-state index in [-0.39, 0.29) is 23.5 Å². The van der Waals surface area contributed by atoms with Crippen LogP contribution in [0.2, 0.25) is 0 Å². The zero-order chi connectivity index (χ0) is 17.7. The van der Waals surface area contributed by atoms with Crippen molar-refractivity contribution >= 4 is 21.4 Å². The Bertz CT molecular complexity index is 658. The molecule has 7 nitrogen and oxygen atoms in total. The van der Waals surface area contributed by atoms with Crippen molar-refractivity contribution in [2.75, 3.05) is 50.6 Å². The second kappa shape index (κ2) is 7.94. The van der Waals surface area contributed by atoms with E-state index in [0.29, 0.717) is 18.7 Å². The summed E-state index contributed by atoms with van der Waals surface area (Å²) in [5.41, 5.74) is 1.19. The third-order valence-electron chi connectivity index (χ3n) is 4.21. The lowest BCUT2D eigenvalue weighted by molar-refractivity contribution is 0.0947. The number of sulfone groups is 1. The predicted molar refractivity (Wildman–Crippen MR) is 95.2 cm³/mol. The maximum absolute atomic E-state index is 12.0. The zero-order valence-corrected chi connectivity index (χ0v) is 15.3. The van der Waals surface area contributed by atoms with E-state index in [4.69, 9.17) is 0 Å². The molecule has 1 atom stereocenters. The number of nitrogens with zero attached hydrogens (tertiary/aromatic N) is 3. The number of pyridine rings is 1. The van der Waals surface area contributed by atoms with Crippen molar-refractivity contribution in [3.8, 4) is 0 Å². The summed E-state index contributed by atoms with van der Waals surface area (Å²) in [5.74, 6) is 0.229. The SMILES string of the molecule is CN(C)CCCNC(=O)c1ccc(N(C)C2CCS(=O)(=O)C2)cn1. The molecule has 0 aliphatic carbocycles. The van der Waals surface area contributed by atoms with Gasteiger partial charge in [0.15, 0.2) is 9.84 Å². The zero-order valence-electron chi connectivity index (χ0n) is 14.5. The Morgan fingerprint density at radius 3 is 2.62 bits per heavy atom. The molecule has 0 radical (unpaired) electrons. The van der Waals surface area contributed by atoms with Crippen molar-refractivity contribution in [3.05, 3.63) is 24.0 Å². The van der Waals surface area contributed by atoms with Crippen LogP contribution >= 0.6 is 0 Å². The highest BCUT2D eigenvalue weighted by molar-refractivity contribution is 7.91. The van der Waals surface area contributed by atoms with Gasteiger partial charge in [0.05, 0.1) is 23.4 Å². The van der Waals surface area contributed by atoms with E-state index in [9.17, 15) is 13.2 Å². The number of carbonyl (C=O) groups excluding carboxylic acids is 1. The molecule has 134 valence electrons. The van der Waals surface area contributed by atoms with E-state index in [1.807, 2.05) is 32.1 Å². The molecule has 2 rings (SSSR count). The standard InChI is InChI=1S/C16H26N4O3S/c1-19(2)9-4-8-17-16(21)15-6-5-13(11-18-15)20(3)14-7-10-24(22,23)12-14/h5-6,11,14H,4,7-10,12H2,1-3H3,(H,17,21). The molecule has 1 aliphatic rings. The van der Waals surface area contributed by atoms with Gasteiger partial charge in [-0.1, -0.05) is 0 Å². The summed E-state index contributed by atoms with van der Waals surface area (Å²) >= 11 is 0. The van der Waals surface area contributed by atoms with Gasteiger partial charge in [0, 0.05) is 19.6 Å². The van der Waals surface area contributed by atoms with Gasteiger partial charge in [0.2, 0.25) is 0 Å². The molecule has 0 bridgehead atoms. The molecule has 1 fully saturated rings. The average molecular weight is 354 g/mol. The molecule has 1 N–H and O–H groups in total. The Morgan fingerprint density at radius 1 is 1.33 bits per heavy atom. The summed E-state index contributed by atoms with van der Waals surface area (Å²) < 4.78 is 23.2. The van der Waals surface area contributed by atoms with Gasteiger partial charge in [0.25, 0.3) is 5.91 Å². The summed E-state index contributed by atoms with van der Waals surface area (Å²) in [6, 6.07) is 3.46. The van der Waals surface area contributed by atoms with Crippen LogP contribution in [0.15, 0.2) is 18.3 Å². The largest absolute Gasteiger partial charge is 0.369 e. The fraction of sp³-hybridized carbons (Fsp3) is 0.625. The Morgan fingerprint density at radius 2 is 2.08 bits per heavy atom. The summed E-state index contributed by atoms with van der Waals surface area (Å²) in [7, 11) is 2.93. The first-order chi connectivity index (χ1) is 11.3. The van der Waals surface area contributed by atoms with Gasteiger partial charge in [-0.15, -0.1) is 0 Å². The van der Waals surface area contributed by atoms with Crippen LogP contribution in [0.3, 0.4) is 0 Å². The Labute approximate surface area is 144 Å². The second-order valence-electron chi connectivity index (χ2n) is 6.48. The van der Waals surface area contributed by atoms with Crippen molar-refractivity contribution in [1.82, 2.24) is 15.2 Å². The third-order valence-corrected chi connectivity index (χ3v) is 5.96. The van der Waals surface area contributed by atoms with Gasteiger partial charge in [-0.05, 0) is 45.6 Å². The minimum absolute atomic E-state index is 0.0255. The number of hydrogen-bond donors (Lipinski definition) is 1. The number of nitrogens with one attached hydrogen (secondary N) is 1. The molecular formula is C16H26N4O3S. The highest BCUT2D eigenvalue weighted by atomic mass is 32.2. The van der Waals surface area contributed by atoms with E-state index >= 15 is 0 Å². The number of aromatic nitrogens is 1. The molecule has 24 heavy (non-hydrogen) atoms. The van der Waals surface area contributed by atoms with Gasteiger partial charge in [-0.2, -0.15) is 0 Å². The predicted octanol–water partition coefficient (Wildman–Crippen LogP) is 0.386. The molecule has 1 aromatic rings. The van der Waals surface area contributed by atoms with Crippen molar-refractivity contribution < 1.29 is 13.2 Å². The van der Waals surface area contributed by atoms with Crippen LogP contribution < -0.4 is 10.2 Å². The summed E-state index contributed by atoms with van der Waals surface area (Å²) in [5, 5.41) is 2.85. The first-order valence-electron chi connectivity index (χ1n) is 8.11. The number of hydrogen-bond acceptors (Lipinski definition) is 6. The van der Waals surface area contributed by atoms with E-state index in [1.54, 1.807) is 12.3 Å². The molecule has 0 saturated carbocycles. The summed E-state index contributed by atoms with van der Waals surface area (Å²) in [4.78, 5) is 20.2. The van der Waals surface area contributed by atoms with Crippen molar-refractivity contribution in [1.29, 1.82) is 0 Å². The molecule has 0 spiro atoms. The van der Waals surface area contributed by atoms with Crippen LogP contribution in [0, 0.1) is 0 Å². The molecule has 2 heterocycles. The molecule has 8 heteroatoms. The first-order valence-corrected chi connectivity index (χ1v) is 9.93. The minimum Gasteiger partial charge on any atom is -0.369 e. The summed E-state index contributed by atoms with van der Waals surface area (Å²) in [6.45, 7) is 1.53. The number of rotatable bonds is 7. The van der Waals surface area contributed by atoms with Crippen LogP contribution in [0.25, 0.3) is 0 Å². The quantitative estimate of drug-likeness (QED) is 0.713. The normalized spacial score (nSPS) is 19.4. The van der Waals surface area contributed by atoms with Crippen LogP contribution in [0.1, 0.15) is 23.3 Å². The molecular weight excluding hydrogens is 328 g/mol.